The molecule has 2 heterocycles. The largest absolute Gasteiger partial charge is 0.497 e. The number of aromatic nitrogens is 2. The van der Waals surface area contributed by atoms with E-state index in [-0.39, 0.29) is 24.6 Å². The van der Waals surface area contributed by atoms with Gasteiger partial charge < -0.3 is 24.1 Å². The molecule has 3 rings (SSSR count). The number of methoxy groups -OCH3 is 1. The number of morpholine rings is 1. The van der Waals surface area contributed by atoms with Gasteiger partial charge in [-0.2, -0.15) is 4.98 Å². The van der Waals surface area contributed by atoms with Crippen molar-refractivity contribution >= 4 is 12.4 Å². The van der Waals surface area contributed by atoms with Crippen molar-refractivity contribution in [2.75, 3.05) is 20.3 Å². The molecule has 2 aromatic rings. The van der Waals surface area contributed by atoms with Crippen molar-refractivity contribution in [1.82, 2.24) is 15.5 Å². The van der Waals surface area contributed by atoms with Gasteiger partial charge in [0.2, 0.25) is 5.89 Å². The van der Waals surface area contributed by atoms with Gasteiger partial charge in [-0.05, 0) is 24.6 Å². The molecular weight excluding hydrogens is 334 g/mol. The van der Waals surface area contributed by atoms with Crippen LogP contribution in [0.3, 0.4) is 0 Å². The Morgan fingerprint density at radius 2 is 2.21 bits per heavy atom. The van der Waals surface area contributed by atoms with E-state index in [0.717, 1.165) is 17.9 Å². The van der Waals surface area contributed by atoms with Gasteiger partial charge in [0.25, 0.3) is 0 Å². The first-order valence-corrected chi connectivity index (χ1v) is 7.64. The fourth-order valence-corrected chi connectivity index (χ4v) is 2.48. The quantitative estimate of drug-likeness (QED) is 0.851. The first kappa shape index (κ1) is 18.7. The van der Waals surface area contributed by atoms with Crippen LogP contribution in [0.2, 0.25) is 0 Å². The predicted octanol–water partition coefficient (Wildman–Crippen LogP) is 2.27. The summed E-state index contributed by atoms with van der Waals surface area (Å²) in [4.78, 5) is 4.38. The van der Waals surface area contributed by atoms with Crippen LogP contribution in [0.1, 0.15) is 30.2 Å². The Kier molecular flexibility index (Phi) is 6.99. The Hall–Kier alpha value is -1.67. The van der Waals surface area contributed by atoms with Crippen LogP contribution in [0.4, 0.5) is 0 Å². The van der Waals surface area contributed by atoms with E-state index in [9.17, 15) is 0 Å². The molecule has 132 valence electrons. The lowest BCUT2D eigenvalue weighted by atomic mass is 10.1. The standard InChI is InChI=1S/C16H21N3O4.ClH/c1-11-15(17-6-7-22-11)16-18-14(19-23-16)10-21-9-12-4-3-5-13(8-12)20-2;/h3-5,8,11,15,17H,6-7,9-10H2,1-2H3;1H/t11-,15+;/m1./s1. The maximum absolute atomic E-state index is 5.64. The minimum absolute atomic E-state index is 0. The number of hydrogen-bond donors (Lipinski definition) is 1. The molecule has 1 aromatic carbocycles. The van der Waals surface area contributed by atoms with Gasteiger partial charge in [-0.3, -0.25) is 0 Å². The fourth-order valence-electron chi connectivity index (χ4n) is 2.48. The monoisotopic (exact) mass is 355 g/mol. The number of ether oxygens (including phenoxy) is 3. The van der Waals surface area contributed by atoms with E-state index in [4.69, 9.17) is 18.7 Å². The van der Waals surface area contributed by atoms with Crippen molar-refractivity contribution in [2.45, 2.75) is 32.3 Å². The molecule has 0 bridgehead atoms. The molecule has 1 aliphatic rings. The molecule has 1 saturated heterocycles. The molecule has 24 heavy (non-hydrogen) atoms. The van der Waals surface area contributed by atoms with Gasteiger partial charge in [0.1, 0.15) is 18.4 Å². The first-order valence-electron chi connectivity index (χ1n) is 7.64. The van der Waals surface area contributed by atoms with Crippen LogP contribution in [-0.2, 0) is 22.7 Å². The highest BCUT2D eigenvalue weighted by Crippen LogP contribution is 2.20. The van der Waals surface area contributed by atoms with E-state index >= 15 is 0 Å². The first-order chi connectivity index (χ1) is 11.3. The van der Waals surface area contributed by atoms with Crippen LogP contribution in [0.25, 0.3) is 0 Å². The Balaban J connectivity index is 0.00000208. The third-order valence-electron chi connectivity index (χ3n) is 3.70. The molecule has 0 unspecified atom stereocenters. The number of rotatable bonds is 6. The zero-order valence-electron chi connectivity index (χ0n) is 13.7. The lowest BCUT2D eigenvalue weighted by molar-refractivity contribution is -0.00136. The summed E-state index contributed by atoms with van der Waals surface area (Å²) >= 11 is 0. The van der Waals surface area contributed by atoms with E-state index in [1.54, 1.807) is 7.11 Å². The molecular formula is C16H22ClN3O4. The summed E-state index contributed by atoms with van der Waals surface area (Å²) in [5.74, 6) is 1.88. The maximum atomic E-state index is 5.64. The zero-order chi connectivity index (χ0) is 16.1. The van der Waals surface area contributed by atoms with E-state index in [1.165, 1.54) is 0 Å². The Bertz CT molecular complexity index is 637. The summed E-state index contributed by atoms with van der Waals surface area (Å²) < 4.78 is 21.7. The number of hydrogen-bond acceptors (Lipinski definition) is 7. The molecule has 1 fully saturated rings. The summed E-state index contributed by atoms with van der Waals surface area (Å²) in [5, 5.41) is 7.28. The SMILES string of the molecule is COc1cccc(COCc2noc([C@H]3NCCO[C@@H]3C)n2)c1.Cl. The fraction of sp³-hybridized carbons (Fsp3) is 0.500. The van der Waals surface area contributed by atoms with Gasteiger partial charge in [0.05, 0.1) is 26.4 Å². The van der Waals surface area contributed by atoms with Crippen molar-refractivity contribution < 1.29 is 18.7 Å². The summed E-state index contributed by atoms with van der Waals surface area (Å²) in [7, 11) is 1.64. The van der Waals surface area contributed by atoms with E-state index in [1.807, 2.05) is 31.2 Å². The number of nitrogens with zero attached hydrogens (tertiary/aromatic N) is 2. The number of halogens is 1. The van der Waals surface area contributed by atoms with E-state index in [2.05, 4.69) is 15.5 Å². The van der Waals surface area contributed by atoms with Gasteiger partial charge in [-0.25, -0.2) is 0 Å². The molecule has 7 nitrogen and oxygen atoms in total. The van der Waals surface area contributed by atoms with Crippen molar-refractivity contribution in [1.29, 1.82) is 0 Å². The van der Waals surface area contributed by atoms with Crippen LogP contribution in [-0.4, -0.2) is 36.5 Å². The van der Waals surface area contributed by atoms with Crippen LogP contribution < -0.4 is 10.1 Å². The van der Waals surface area contributed by atoms with Gasteiger partial charge in [-0.1, -0.05) is 17.3 Å². The Morgan fingerprint density at radius 1 is 1.33 bits per heavy atom. The van der Waals surface area contributed by atoms with Gasteiger partial charge in [0, 0.05) is 6.54 Å². The molecule has 0 amide bonds. The predicted molar refractivity (Wildman–Crippen MR) is 89.2 cm³/mol. The van der Waals surface area contributed by atoms with Crippen LogP contribution >= 0.6 is 12.4 Å². The summed E-state index contributed by atoms with van der Waals surface area (Å²) in [6.45, 7) is 4.21. The molecule has 0 aliphatic carbocycles. The van der Waals surface area contributed by atoms with Crippen molar-refractivity contribution in [2.24, 2.45) is 0 Å². The molecule has 1 N–H and O–H groups in total. The maximum Gasteiger partial charge on any atom is 0.246 e. The smallest absolute Gasteiger partial charge is 0.246 e. The molecule has 1 aliphatic heterocycles. The molecule has 0 radical (unpaired) electrons. The normalized spacial score (nSPS) is 20.4. The number of nitrogens with one attached hydrogen (secondary N) is 1. The topological polar surface area (TPSA) is 78.6 Å². The lowest BCUT2D eigenvalue weighted by Crippen LogP contribution is -2.40. The second-order valence-electron chi connectivity index (χ2n) is 5.40. The molecule has 2 atom stereocenters. The lowest BCUT2D eigenvalue weighted by Gasteiger charge is -2.27. The Labute approximate surface area is 147 Å². The summed E-state index contributed by atoms with van der Waals surface area (Å²) in [6.07, 6.45) is 0.00903. The van der Waals surface area contributed by atoms with Crippen LogP contribution in [0, 0.1) is 0 Å². The van der Waals surface area contributed by atoms with E-state index < -0.39 is 0 Å². The molecule has 1 aromatic heterocycles. The third kappa shape index (κ3) is 4.67. The minimum Gasteiger partial charge on any atom is -0.497 e. The molecule has 0 spiro atoms. The van der Waals surface area contributed by atoms with E-state index in [0.29, 0.717) is 31.5 Å². The molecule has 0 saturated carbocycles. The highest BCUT2D eigenvalue weighted by atomic mass is 35.5. The molecule has 8 heteroatoms. The van der Waals surface area contributed by atoms with Crippen LogP contribution in [0.5, 0.6) is 5.75 Å². The summed E-state index contributed by atoms with van der Waals surface area (Å²) in [6, 6.07) is 7.68. The highest BCUT2D eigenvalue weighted by Gasteiger charge is 2.28. The van der Waals surface area contributed by atoms with Gasteiger partial charge in [-0.15, -0.1) is 12.4 Å². The van der Waals surface area contributed by atoms with Gasteiger partial charge in [0.15, 0.2) is 5.82 Å². The number of benzene rings is 1. The Morgan fingerprint density at radius 3 is 3.00 bits per heavy atom. The second kappa shape index (κ2) is 8.98. The average molecular weight is 356 g/mol. The van der Waals surface area contributed by atoms with Crippen molar-refractivity contribution in [3.05, 3.63) is 41.5 Å². The minimum atomic E-state index is -0.0663. The van der Waals surface area contributed by atoms with Crippen molar-refractivity contribution in [3.63, 3.8) is 0 Å². The average Bonchev–Trinajstić information content (AvgIpc) is 3.04. The second-order valence-corrected chi connectivity index (χ2v) is 5.40. The highest BCUT2D eigenvalue weighted by molar-refractivity contribution is 5.85. The zero-order valence-corrected chi connectivity index (χ0v) is 14.5. The summed E-state index contributed by atoms with van der Waals surface area (Å²) in [5.41, 5.74) is 1.03. The van der Waals surface area contributed by atoms with Crippen molar-refractivity contribution in [3.8, 4) is 5.75 Å². The third-order valence-corrected chi connectivity index (χ3v) is 3.70. The van der Waals surface area contributed by atoms with Gasteiger partial charge >= 0.3 is 0 Å². The van der Waals surface area contributed by atoms with Crippen LogP contribution in [0.15, 0.2) is 28.8 Å².